The van der Waals surface area contributed by atoms with E-state index in [-0.39, 0.29) is 6.61 Å². The Labute approximate surface area is 108 Å². The van der Waals surface area contributed by atoms with Crippen LogP contribution in [0.3, 0.4) is 0 Å². The van der Waals surface area contributed by atoms with Crippen LogP contribution in [0.2, 0.25) is 0 Å². The smallest absolute Gasteiger partial charge is 0.329 e. The number of nitrogens with two attached hydrogens (primary N) is 1. The lowest BCUT2D eigenvalue weighted by atomic mass is 10.2. The highest BCUT2D eigenvalue weighted by atomic mass is 16.5. The number of anilines is 2. The van der Waals surface area contributed by atoms with Crippen molar-refractivity contribution in [3.63, 3.8) is 0 Å². The number of hydrogen-bond acceptors (Lipinski definition) is 4. The van der Waals surface area contributed by atoms with Crippen molar-refractivity contribution in [3.05, 3.63) is 24.3 Å². The Balaban J connectivity index is 2.49. The molecule has 0 bridgehead atoms. The van der Waals surface area contributed by atoms with Crippen molar-refractivity contribution in [1.82, 2.24) is 0 Å². The van der Waals surface area contributed by atoms with Crippen LogP contribution in [0.25, 0.3) is 0 Å². The summed E-state index contributed by atoms with van der Waals surface area (Å²) in [7, 11) is 0. The zero-order chi connectivity index (χ0) is 14.3. The molecule has 0 saturated heterocycles. The second-order valence-electron chi connectivity index (χ2n) is 3.50. The van der Waals surface area contributed by atoms with Crippen molar-refractivity contribution in [2.75, 3.05) is 23.8 Å². The number of benzene rings is 1. The highest BCUT2D eigenvalue weighted by molar-refractivity contribution is 5.93. The third-order valence-corrected chi connectivity index (χ3v) is 1.87. The molecule has 0 aliphatic carbocycles. The van der Waals surface area contributed by atoms with Gasteiger partial charge < -0.3 is 26.2 Å². The normalized spacial score (nSPS) is 9.68. The zero-order valence-corrected chi connectivity index (χ0v) is 9.88. The van der Waals surface area contributed by atoms with E-state index in [2.05, 4.69) is 15.4 Å². The number of carboxylic acids is 1. The molecular weight excluding hydrogens is 254 g/mol. The van der Waals surface area contributed by atoms with Gasteiger partial charge in [-0.15, -0.1) is 0 Å². The van der Waals surface area contributed by atoms with Crippen LogP contribution in [0.15, 0.2) is 24.3 Å². The number of urea groups is 1. The van der Waals surface area contributed by atoms with Crippen LogP contribution in [0, 0.1) is 0 Å². The van der Waals surface area contributed by atoms with Crippen molar-refractivity contribution in [3.8, 4) is 0 Å². The summed E-state index contributed by atoms with van der Waals surface area (Å²) in [6, 6.07) is 5.59. The van der Waals surface area contributed by atoms with Crippen LogP contribution >= 0.6 is 0 Å². The average molecular weight is 267 g/mol. The first-order valence-corrected chi connectivity index (χ1v) is 5.23. The second kappa shape index (κ2) is 6.97. The standard InChI is InChI=1S/C11H13N3O5/c12-11(18)14-8-3-1-2-7(4-8)13-9(15)5-19-6-10(16)17/h1-4H,5-6H2,(H,13,15)(H,16,17)(H3,12,14,18). The summed E-state index contributed by atoms with van der Waals surface area (Å²) in [5.74, 6) is -1.65. The highest BCUT2D eigenvalue weighted by Crippen LogP contribution is 2.14. The van der Waals surface area contributed by atoms with Gasteiger partial charge in [0.2, 0.25) is 5.91 Å². The fraction of sp³-hybridized carbons (Fsp3) is 0.182. The van der Waals surface area contributed by atoms with E-state index >= 15 is 0 Å². The van der Waals surface area contributed by atoms with Gasteiger partial charge in [-0.2, -0.15) is 0 Å². The van der Waals surface area contributed by atoms with E-state index in [0.717, 1.165) is 0 Å². The van der Waals surface area contributed by atoms with Crippen LogP contribution in [-0.2, 0) is 14.3 Å². The maximum absolute atomic E-state index is 11.4. The molecule has 1 rings (SSSR count). The summed E-state index contributed by atoms with van der Waals surface area (Å²) in [5, 5.41) is 13.2. The first-order chi connectivity index (χ1) is 8.97. The molecule has 5 N–H and O–H groups in total. The van der Waals surface area contributed by atoms with Crippen LogP contribution in [0.5, 0.6) is 0 Å². The van der Waals surface area contributed by atoms with Crippen molar-refractivity contribution in [2.24, 2.45) is 5.73 Å². The Bertz CT molecular complexity index is 489. The molecule has 0 atom stereocenters. The van der Waals surface area contributed by atoms with Gasteiger partial charge in [0.05, 0.1) is 0 Å². The molecule has 0 radical (unpaired) electrons. The molecule has 0 aliphatic rings. The van der Waals surface area contributed by atoms with Crippen LogP contribution in [0.4, 0.5) is 16.2 Å². The number of carboxylic acid groups (broad SMARTS) is 1. The lowest BCUT2D eigenvalue weighted by Gasteiger charge is -2.07. The highest BCUT2D eigenvalue weighted by Gasteiger charge is 2.05. The van der Waals surface area contributed by atoms with Gasteiger partial charge in [0, 0.05) is 11.4 Å². The van der Waals surface area contributed by atoms with Gasteiger partial charge in [0.25, 0.3) is 0 Å². The maximum Gasteiger partial charge on any atom is 0.329 e. The van der Waals surface area contributed by atoms with Crippen molar-refractivity contribution in [1.29, 1.82) is 0 Å². The summed E-state index contributed by atoms with van der Waals surface area (Å²) in [6.07, 6.45) is 0. The van der Waals surface area contributed by atoms with Gasteiger partial charge in [-0.3, -0.25) is 4.79 Å². The largest absolute Gasteiger partial charge is 0.480 e. The number of primary amides is 1. The average Bonchev–Trinajstić information content (AvgIpc) is 2.27. The molecule has 19 heavy (non-hydrogen) atoms. The summed E-state index contributed by atoms with van der Waals surface area (Å²) >= 11 is 0. The summed E-state index contributed by atoms with van der Waals surface area (Å²) in [5.41, 5.74) is 5.81. The van der Waals surface area contributed by atoms with E-state index in [9.17, 15) is 14.4 Å². The van der Waals surface area contributed by atoms with Gasteiger partial charge in [0.1, 0.15) is 13.2 Å². The summed E-state index contributed by atoms with van der Waals surface area (Å²) in [6.45, 7) is -0.920. The monoisotopic (exact) mass is 267 g/mol. The number of carbonyl (C=O) groups excluding carboxylic acids is 2. The number of carbonyl (C=O) groups is 3. The molecule has 8 nitrogen and oxygen atoms in total. The molecule has 1 aromatic rings. The van der Waals surface area contributed by atoms with Crippen LogP contribution in [-0.4, -0.2) is 36.2 Å². The fourth-order valence-electron chi connectivity index (χ4n) is 1.25. The molecular formula is C11H13N3O5. The minimum Gasteiger partial charge on any atom is -0.480 e. The molecule has 0 fully saturated rings. The molecule has 0 spiro atoms. The molecule has 0 aromatic heterocycles. The number of hydrogen-bond donors (Lipinski definition) is 4. The van der Waals surface area contributed by atoms with Crippen molar-refractivity contribution in [2.45, 2.75) is 0 Å². The van der Waals surface area contributed by atoms with E-state index in [4.69, 9.17) is 10.8 Å². The summed E-state index contributed by atoms with van der Waals surface area (Å²) in [4.78, 5) is 32.2. The van der Waals surface area contributed by atoms with Gasteiger partial charge in [-0.05, 0) is 18.2 Å². The van der Waals surface area contributed by atoms with Crippen LogP contribution in [0.1, 0.15) is 0 Å². The molecule has 0 aliphatic heterocycles. The van der Waals surface area contributed by atoms with E-state index < -0.39 is 24.5 Å². The van der Waals surface area contributed by atoms with E-state index in [1.165, 1.54) is 6.07 Å². The van der Waals surface area contributed by atoms with E-state index in [0.29, 0.717) is 11.4 Å². The van der Waals surface area contributed by atoms with Crippen LogP contribution < -0.4 is 16.4 Å². The Morgan fingerprint density at radius 2 is 1.79 bits per heavy atom. The zero-order valence-electron chi connectivity index (χ0n) is 9.88. The van der Waals surface area contributed by atoms with E-state index in [1.54, 1.807) is 18.2 Å². The topological polar surface area (TPSA) is 131 Å². The fourth-order valence-corrected chi connectivity index (χ4v) is 1.25. The SMILES string of the molecule is NC(=O)Nc1cccc(NC(=O)COCC(=O)O)c1. The predicted molar refractivity (Wildman–Crippen MR) is 66.7 cm³/mol. The number of ether oxygens (including phenoxy) is 1. The predicted octanol–water partition coefficient (Wildman–Crippen LogP) is 0.217. The van der Waals surface area contributed by atoms with Crippen molar-refractivity contribution < 1.29 is 24.2 Å². The third kappa shape index (κ3) is 6.03. The molecule has 3 amide bonds. The Kier molecular flexibility index (Phi) is 5.30. The quantitative estimate of drug-likeness (QED) is 0.585. The molecule has 0 saturated carbocycles. The van der Waals surface area contributed by atoms with Gasteiger partial charge in [0.15, 0.2) is 0 Å². The number of aliphatic carboxylic acids is 1. The third-order valence-electron chi connectivity index (χ3n) is 1.87. The van der Waals surface area contributed by atoms with Gasteiger partial charge in [-0.25, -0.2) is 9.59 Å². The summed E-state index contributed by atoms with van der Waals surface area (Å²) < 4.78 is 4.62. The first kappa shape index (κ1) is 14.5. The van der Waals surface area contributed by atoms with E-state index in [1.807, 2.05) is 0 Å². The first-order valence-electron chi connectivity index (χ1n) is 5.23. The van der Waals surface area contributed by atoms with Gasteiger partial charge >= 0.3 is 12.0 Å². The molecule has 0 heterocycles. The Morgan fingerprint density at radius 1 is 1.16 bits per heavy atom. The molecule has 102 valence electrons. The molecule has 0 unspecified atom stereocenters. The van der Waals surface area contributed by atoms with Crippen molar-refractivity contribution >= 4 is 29.3 Å². The lowest BCUT2D eigenvalue weighted by Crippen LogP contribution is -2.21. The maximum atomic E-state index is 11.4. The Morgan fingerprint density at radius 3 is 2.37 bits per heavy atom. The second-order valence-corrected chi connectivity index (χ2v) is 3.50. The van der Waals surface area contributed by atoms with Gasteiger partial charge in [-0.1, -0.05) is 6.07 Å². The minimum absolute atomic E-state index is 0.375. The molecule has 1 aromatic carbocycles. The Hall–Kier alpha value is -2.61. The number of amides is 3. The minimum atomic E-state index is -1.15. The number of rotatable bonds is 6. The lowest BCUT2D eigenvalue weighted by molar-refractivity contribution is -0.143. The number of nitrogens with one attached hydrogen (secondary N) is 2. The molecule has 8 heteroatoms.